The van der Waals surface area contributed by atoms with Gasteiger partial charge >= 0.3 is 0 Å². The number of nitrogens with one attached hydrogen (secondary N) is 1. The van der Waals surface area contributed by atoms with E-state index in [4.69, 9.17) is 4.98 Å². The summed E-state index contributed by atoms with van der Waals surface area (Å²) >= 11 is 0. The second-order valence-corrected chi connectivity index (χ2v) is 4.91. The van der Waals surface area contributed by atoms with E-state index in [9.17, 15) is 0 Å². The van der Waals surface area contributed by atoms with Crippen molar-refractivity contribution in [1.82, 2.24) is 9.88 Å². The highest BCUT2D eigenvalue weighted by Crippen LogP contribution is 2.14. The number of nitrogens with zero attached hydrogens (tertiary/aromatic N) is 3. The molecule has 0 aliphatic carbocycles. The molecule has 19 heavy (non-hydrogen) atoms. The second kappa shape index (κ2) is 5.27. The van der Waals surface area contributed by atoms with Gasteiger partial charge in [-0.15, -0.1) is 0 Å². The molecule has 1 unspecified atom stereocenters. The summed E-state index contributed by atoms with van der Waals surface area (Å²) in [6.07, 6.45) is 0. The summed E-state index contributed by atoms with van der Waals surface area (Å²) in [5.41, 5.74) is 2.69. The molecule has 4 nitrogen and oxygen atoms in total. The Balaban J connectivity index is 1.87. The lowest BCUT2D eigenvalue weighted by Crippen LogP contribution is -3.10. The third-order valence-electron chi connectivity index (χ3n) is 3.63. The minimum atomic E-state index is 0.333. The van der Waals surface area contributed by atoms with Crippen LogP contribution in [0.5, 0.6) is 0 Å². The lowest BCUT2D eigenvalue weighted by atomic mass is 10.1. The largest absolute Gasteiger partial charge is 0.527 e. The van der Waals surface area contributed by atoms with Crippen molar-refractivity contribution >= 4 is 16.0 Å². The van der Waals surface area contributed by atoms with Crippen LogP contribution in [0.2, 0.25) is 0 Å². The van der Waals surface area contributed by atoms with E-state index < -0.39 is 0 Å². The molecule has 0 radical (unpaired) electrons. The van der Waals surface area contributed by atoms with Gasteiger partial charge in [0.1, 0.15) is 0 Å². The van der Waals surface area contributed by atoms with E-state index in [-0.39, 0.29) is 0 Å². The fourth-order valence-corrected chi connectivity index (χ4v) is 2.57. The van der Waals surface area contributed by atoms with Gasteiger partial charge in [-0.25, -0.2) is 4.98 Å². The Hall–Kier alpha value is -0.840. The molecule has 1 atom stereocenters. The third-order valence-corrected chi connectivity index (χ3v) is 3.63. The predicted molar refractivity (Wildman–Crippen MR) is 83.8 cm³/mol. The zero-order valence-electron chi connectivity index (χ0n) is 10.2. The fourth-order valence-electron chi connectivity index (χ4n) is 2.57. The molecule has 1 aromatic rings. The van der Waals surface area contributed by atoms with E-state index in [1.807, 2.05) is 4.81 Å². The summed E-state index contributed by atoms with van der Waals surface area (Å²) in [5, 5.41) is 0. The molecule has 1 saturated heterocycles. The monoisotopic (exact) mass is 260 g/mol. The molecule has 104 valence electrons. The van der Waals surface area contributed by atoms with Crippen LogP contribution < -0.4 is 4.81 Å². The van der Waals surface area contributed by atoms with Crippen molar-refractivity contribution in [2.45, 2.75) is 13.1 Å². The van der Waals surface area contributed by atoms with Gasteiger partial charge in [0, 0.05) is 26.2 Å². The molecular formula is C13H26B2N4. The summed E-state index contributed by atoms with van der Waals surface area (Å²) in [6.45, 7) is 10.5. The second-order valence-electron chi connectivity index (χ2n) is 4.91. The first-order chi connectivity index (χ1) is 9.13. The molecule has 4 heterocycles. The Morgan fingerprint density at radius 1 is 1.16 bits per heavy atom. The first kappa shape index (κ1) is 13.2. The lowest BCUT2D eigenvalue weighted by Gasteiger charge is -2.49. The summed E-state index contributed by atoms with van der Waals surface area (Å²) in [7, 11) is 0.689. The van der Waals surface area contributed by atoms with Crippen molar-refractivity contribution in [1.29, 1.82) is 0 Å². The molecule has 6 heteroatoms. The molecule has 4 rings (SSSR count). The third kappa shape index (κ3) is 3.19. The average molecular weight is 260 g/mol. The Kier molecular flexibility index (Phi) is 3.65. The van der Waals surface area contributed by atoms with Crippen molar-refractivity contribution in [2.24, 2.45) is 0 Å². The Labute approximate surface area is 117 Å². The van der Waals surface area contributed by atoms with Crippen LogP contribution >= 0.6 is 0 Å². The summed E-state index contributed by atoms with van der Waals surface area (Å²) in [5.74, 6) is 0. The van der Waals surface area contributed by atoms with Crippen molar-refractivity contribution in [2.75, 3.05) is 39.3 Å². The molecule has 1 N–H and O–H groups in total. The molecule has 1 aromatic heterocycles. The first-order valence-electron chi connectivity index (χ1n) is 6.50. The maximum absolute atomic E-state index is 4.95. The van der Waals surface area contributed by atoms with Gasteiger partial charge in [0.15, 0.2) is 16.0 Å². The Morgan fingerprint density at radius 2 is 1.89 bits per heavy atom. The van der Waals surface area contributed by atoms with Gasteiger partial charge in [0.25, 0.3) is 0 Å². The van der Waals surface area contributed by atoms with Gasteiger partial charge < -0.3 is 9.20 Å². The number of hydrogen-bond donors (Lipinski definition) is 1. The van der Waals surface area contributed by atoms with E-state index >= 15 is 0 Å². The van der Waals surface area contributed by atoms with E-state index in [0.29, 0.717) is 16.0 Å². The maximum atomic E-state index is 4.95. The number of piperazine rings is 1. The Morgan fingerprint density at radius 3 is 2.68 bits per heavy atom. The molecule has 1 fully saturated rings. The van der Waals surface area contributed by atoms with Crippen molar-refractivity contribution < 1.29 is 9.20 Å². The van der Waals surface area contributed by atoms with E-state index in [1.54, 1.807) is 0 Å². The van der Waals surface area contributed by atoms with Crippen LogP contribution in [-0.2, 0) is 13.1 Å². The minimum Gasteiger partial charge on any atom is -0.527 e. The number of hydrogen-bond acceptors (Lipinski definition) is 2. The fraction of sp³-hybridized carbons (Fsp3) is 0.615. The smallest absolute Gasteiger partial charge is 0.169 e. The highest BCUT2D eigenvalue weighted by molar-refractivity contribution is 5.97. The molecule has 3 aliphatic rings. The highest BCUT2D eigenvalue weighted by Gasteiger charge is 2.24. The standard InChI is InChI=1S/C13H26B2N4/c14-18-5-4-17-6-8-19(15,9-7-17)11-13-3-1-2-12(10-18)16-13/h1-3,18H,4-11H2,14-15H3. The van der Waals surface area contributed by atoms with Crippen LogP contribution in [0.15, 0.2) is 18.2 Å². The minimum absolute atomic E-state index is 0.333. The number of pyridine rings is 1. The van der Waals surface area contributed by atoms with Gasteiger partial charge in [0.2, 0.25) is 0 Å². The van der Waals surface area contributed by atoms with Gasteiger partial charge in [0.05, 0.1) is 37.6 Å². The molecule has 0 aromatic carbocycles. The maximum Gasteiger partial charge on any atom is 0.169 e. The van der Waals surface area contributed by atoms with Crippen LogP contribution in [0.4, 0.5) is 0 Å². The summed E-state index contributed by atoms with van der Waals surface area (Å²) in [6, 6.07) is 6.72. The molecule has 0 saturated carbocycles. The van der Waals surface area contributed by atoms with Gasteiger partial charge in [-0.05, 0) is 12.1 Å². The predicted octanol–water partition coefficient (Wildman–Crippen LogP) is -3.33. The van der Waals surface area contributed by atoms with Crippen LogP contribution in [0.25, 0.3) is 0 Å². The van der Waals surface area contributed by atoms with Crippen molar-refractivity contribution in [3.63, 3.8) is 0 Å². The van der Waals surface area contributed by atoms with Gasteiger partial charge in [-0.2, -0.15) is 0 Å². The van der Waals surface area contributed by atoms with Crippen molar-refractivity contribution in [3.05, 3.63) is 29.6 Å². The molecular weight excluding hydrogens is 234 g/mol. The zero-order valence-corrected chi connectivity index (χ0v) is 10.2. The molecule has 0 amide bonds. The topological polar surface area (TPSA) is 20.6 Å². The van der Waals surface area contributed by atoms with E-state index in [2.05, 4.69) is 23.1 Å². The number of rotatable bonds is 0. The number of aromatic nitrogens is 1. The SMILES string of the molecule is [BH3-][NH+]1CCN2CC[N+]([BH3-])(CC2)Cc2cccc(n2)C1. The number of quaternary nitrogens is 2. The van der Waals surface area contributed by atoms with Crippen molar-refractivity contribution in [3.8, 4) is 0 Å². The molecule has 4 bridgehead atoms. The highest BCUT2D eigenvalue weighted by atomic mass is 15.4. The van der Waals surface area contributed by atoms with Crippen LogP contribution in [0.1, 0.15) is 11.4 Å². The normalized spacial score (nSPS) is 35.5. The van der Waals surface area contributed by atoms with Gasteiger partial charge in [-0.3, -0.25) is 4.90 Å². The quantitative estimate of drug-likeness (QED) is 0.493. The number of fused-ring (bicyclic) bond motifs is 5. The van der Waals surface area contributed by atoms with Crippen LogP contribution in [0.3, 0.4) is 0 Å². The Bertz CT molecular complexity index is 443. The lowest BCUT2D eigenvalue weighted by molar-refractivity contribution is -0.837. The molecule has 0 spiro atoms. The van der Waals surface area contributed by atoms with Crippen LogP contribution in [0, 0.1) is 0 Å². The average Bonchev–Trinajstić information content (AvgIpc) is 2.37. The van der Waals surface area contributed by atoms with E-state index in [1.165, 1.54) is 68.1 Å². The summed E-state index contributed by atoms with van der Waals surface area (Å²) < 4.78 is 1.41. The van der Waals surface area contributed by atoms with E-state index in [0.717, 1.165) is 0 Å². The molecule has 3 aliphatic heterocycles. The zero-order chi connectivity index (χ0) is 13.3. The van der Waals surface area contributed by atoms with Crippen LogP contribution in [-0.4, -0.2) is 69.5 Å². The first-order valence-corrected chi connectivity index (χ1v) is 6.50. The summed E-state index contributed by atoms with van der Waals surface area (Å²) in [4.78, 5) is 9.49. The van der Waals surface area contributed by atoms with Gasteiger partial charge in [-0.1, -0.05) is 6.07 Å².